The first-order valence-corrected chi connectivity index (χ1v) is 7.94. The minimum Gasteiger partial charge on any atom is -0.326 e. The van der Waals surface area contributed by atoms with Gasteiger partial charge in [-0.2, -0.15) is 4.31 Å². The summed E-state index contributed by atoms with van der Waals surface area (Å²) < 4.78 is 26.6. The van der Waals surface area contributed by atoms with E-state index in [0.29, 0.717) is 19.6 Å². The van der Waals surface area contributed by atoms with E-state index in [1.807, 2.05) is 7.05 Å². The highest BCUT2D eigenvalue weighted by Crippen LogP contribution is 2.26. The molecule has 1 saturated heterocycles. The summed E-state index contributed by atoms with van der Waals surface area (Å²) in [5.74, 6) is 0. The summed E-state index contributed by atoms with van der Waals surface area (Å²) in [7, 11) is -1.55. The van der Waals surface area contributed by atoms with Gasteiger partial charge in [0.25, 0.3) is 0 Å². The minimum absolute atomic E-state index is 0.154. The van der Waals surface area contributed by atoms with Crippen LogP contribution in [0.5, 0.6) is 0 Å². The first kappa shape index (κ1) is 14.7. The van der Waals surface area contributed by atoms with Gasteiger partial charge in [0.05, 0.1) is 5.02 Å². The quantitative estimate of drug-likeness (QED) is 0.894. The molecule has 0 radical (unpaired) electrons. The highest BCUT2D eigenvalue weighted by molar-refractivity contribution is 7.89. The molecule has 1 aromatic carbocycles. The van der Waals surface area contributed by atoms with E-state index < -0.39 is 10.0 Å². The number of nitrogens with two attached hydrogens (primary N) is 1. The van der Waals surface area contributed by atoms with Gasteiger partial charge in [-0.25, -0.2) is 8.42 Å². The topological polar surface area (TPSA) is 66.6 Å². The SMILES string of the molecule is CN1CCN(S(=O)(=O)c2cc(CN)ccc2Cl)CC1. The highest BCUT2D eigenvalue weighted by Gasteiger charge is 2.29. The first-order valence-electron chi connectivity index (χ1n) is 6.12. The molecule has 1 fully saturated rings. The van der Waals surface area contributed by atoms with Gasteiger partial charge in [0.1, 0.15) is 4.90 Å². The Kier molecular flexibility index (Phi) is 4.47. The predicted octanol–water partition coefficient (Wildman–Crippen LogP) is 0.735. The molecule has 0 amide bonds. The monoisotopic (exact) mass is 303 g/mol. The zero-order valence-corrected chi connectivity index (χ0v) is 12.4. The summed E-state index contributed by atoms with van der Waals surface area (Å²) in [6.45, 7) is 2.73. The molecule has 2 N–H and O–H groups in total. The molecule has 0 bridgehead atoms. The smallest absolute Gasteiger partial charge is 0.244 e. The number of rotatable bonds is 3. The molecular weight excluding hydrogens is 286 g/mol. The van der Waals surface area contributed by atoms with Gasteiger partial charge in [0.2, 0.25) is 10.0 Å². The van der Waals surface area contributed by atoms with Crippen LogP contribution in [-0.4, -0.2) is 50.8 Å². The van der Waals surface area contributed by atoms with E-state index in [1.165, 1.54) is 4.31 Å². The Bertz CT molecular complexity index is 554. The molecule has 0 atom stereocenters. The van der Waals surface area contributed by atoms with Gasteiger partial charge in [-0.05, 0) is 24.7 Å². The second-order valence-electron chi connectivity index (χ2n) is 4.68. The summed E-state index contributed by atoms with van der Waals surface area (Å²) in [5, 5.41) is 0.246. The van der Waals surface area contributed by atoms with Crippen molar-refractivity contribution in [3.63, 3.8) is 0 Å². The van der Waals surface area contributed by atoms with Crippen LogP contribution in [0.15, 0.2) is 23.1 Å². The molecule has 19 heavy (non-hydrogen) atoms. The number of benzene rings is 1. The van der Waals surface area contributed by atoms with Gasteiger partial charge in [-0.1, -0.05) is 17.7 Å². The highest BCUT2D eigenvalue weighted by atomic mass is 35.5. The fraction of sp³-hybridized carbons (Fsp3) is 0.500. The zero-order valence-electron chi connectivity index (χ0n) is 10.8. The number of likely N-dealkylation sites (N-methyl/N-ethyl adjacent to an activating group) is 1. The molecule has 5 nitrogen and oxygen atoms in total. The number of sulfonamides is 1. The van der Waals surface area contributed by atoms with Crippen LogP contribution in [0.25, 0.3) is 0 Å². The molecule has 0 saturated carbocycles. The third-order valence-electron chi connectivity index (χ3n) is 3.31. The van der Waals surface area contributed by atoms with Crippen molar-refractivity contribution in [2.75, 3.05) is 33.2 Å². The van der Waals surface area contributed by atoms with Crippen molar-refractivity contribution in [2.24, 2.45) is 5.73 Å². The van der Waals surface area contributed by atoms with Crippen molar-refractivity contribution in [3.8, 4) is 0 Å². The largest absolute Gasteiger partial charge is 0.326 e. The normalized spacial score (nSPS) is 18.7. The lowest BCUT2D eigenvalue weighted by molar-refractivity contribution is 0.222. The minimum atomic E-state index is -3.53. The maximum Gasteiger partial charge on any atom is 0.244 e. The Hall–Kier alpha value is -0.660. The number of nitrogens with zero attached hydrogens (tertiary/aromatic N) is 2. The van der Waals surface area contributed by atoms with E-state index in [0.717, 1.165) is 18.7 Å². The lowest BCUT2D eigenvalue weighted by Crippen LogP contribution is -2.47. The molecule has 2 rings (SSSR count). The van der Waals surface area contributed by atoms with Crippen molar-refractivity contribution < 1.29 is 8.42 Å². The van der Waals surface area contributed by atoms with E-state index in [2.05, 4.69) is 4.90 Å². The second kappa shape index (κ2) is 5.76. The third-order valence-corrected chi connectivity index (χ3v) is 5.69. The van der Waals surface area contributed by atoms with E-state index in [9.17, 15) is 8.42 Å². The molecule has 0 unspecified atom stereocenters. The molecule has 1 aromatic rings. The summed E-state index contributed by atoms with van der Waals surface area (Å²) in [4.78, 5) is 2.26. The van der Waals surface area contributed by atoms with Crippen molar-refractivity contribution in [2.45, 2.75) is 11.4 Å². The first-order chi connectivity index (χ1) is 8.95. The van der Waals surface area contributed by atoms with Crippen LogP contribution in [0, 0.1) is 0 Å². The predicted molar refractivity (Wildman–Crippen MR) is 75.6 cm³/mol. The van der Waals surface area contributed by atoms with Crippen LogP contribution in [0.3, 0.4) is 0 Å². The summed E-state index contributed by atoms with van der Waals surface area (Å²) in [5.41, 5.74) is 6.31. The zero-order chi connectivity index (χ0) is 14.0. The summed E-state index contributed by atoms with van der Waals surface area (Å²) >= 11 is 6.03. The molecular formula is C12H18ClN3O2S. The molecule has 1 aliphatic rings. The average Bonchev–Trinajstić information content (AvgIpc) is 2.39. The lowest BCUT2D eigenvalue weighted by Gasteiger charge is -2.31. The fourth-order valence-electron chi connectivity index (χ4n) is 2.04. The number of hydrogen-bond donors (Lipinski definition) is 1. The molecule has 0 aromatic heterocycles. The Morgan fingerprint density at radius 3 is 2.47 bits per heavy atom. The van der Waals surface area contributed by atoms with Crippen LogP contribution in [0.2, 0.25) is 5.02 Å². The molecule has 106 valence electrons. The van der Waals surface area contributed by atoms with Crippen molar-refractivity contribution in [1.29, 1.82) is 0 Å². The average molecular weight is 304 g/mol. The number of hydrogen-bond acceptors (Lipinski definition) is 4. The molecule has 1 heterocycles. The second-order valence-corrected chi connectivity index (χ2v) is 6.99. The summed E-state index contributed by atoms with van der Waals surface area (Å²) in [6, 6.07) is 4.90. The number of piperazine rings is 1. The van der Waals surface area contributed by atoms with Gasteiger partial charge in [-0.3, -0.25) is 0 Å². The van der Waals surface area contributed by atoms with Crippen molar-refractivity contribution in [1.82, 2.24) is 9.21 Å². The molecule has 1 aliphatic heterocycles. The van der Waals surface area contributed by atoms with Crippen LogP contribution in [0.4, 0.5) is 0 Å². The maximum absolute atomic E-state index is 12.6. The molecule has 7 heteroatoms. The Morgan fingerprint density at radius 2 is 1.89 bits per heavy atom. The van der Waals surface area contributed by atoms with E-state index >= 15 is 0 Å². The van der Waals surface area contributed by atoms with E-state index in [4.69, 9.17) is 17.3 Å². The fourth-order valence-corrected chi connectivity index (χ4v) is 3.99. The van der Waals surface area contributed by atoms with Crippen molar-refractivity contribution in [3.05, 3.63) is 28.8 Å². The Balaban J connectivity index is 2.34. The van der Waals surface area contributed by atoms with Gasteiger partial charge >= 0.3 is 0 Å². The van der Waals surface area contributed by atoms with Crippen LogP contribution in [0.1, 0.15) is 5.56 Å². The van der Waals surface area contributed by atoms with Gasteiger partial charge < -0.3 is 10.6 Å². The standard InChI is InChI=1S/C12H18ClN3O2S/c1-15-4-6-16(7-5-15)19(17,18)12-8-10(9-14)2-3-11(12)13/h2-3,8H,4-7,9,14H2,1H3. The van der Waals surface area contributed by atoms with Crippen LogP contribution >= 0.6 is 11.6 Å². The van der Waals surface area contributed by atoms with E-state index in [1.54, 1.807) is 18.2 Å². The van der Waals surface area contributed by atoms with Gasteiger partial charge in [-0.15, -0.1) is 0 Å². The van der Waals surface area contributed by atoms with Gasteiger partial charge in [0.15, 0.2) is 0 Å². The third kappa shape index (κ3) is 3.09. The van der Waals surface area contributed by atoms with Gasteiger partial charge in [0, 0.05) is 32.7 Å². The number of halogens is 1. The molecule has 0 spiro atoms. The van der Waals surface area contributed by atoms with E-state index in [-0.39, 0.29) is 9.92 Å². The Labute approximate surface area is 119 Å². The maximum atomic E-state index is 12.6. The summed E-state index contributed by atoms with van der Waals surface area (Å²) in [6.07, 6.45) is 0. The van der Waals surface area contributed by atoms with Crippen LogP contribution < -0.4 is 5.73 Å². The lowest BCUT2D eigenvalue weighted by atomic mass is 10.2. The Morgan fingerprint density at radius 1 is 1.26 bits per heavy atom. The molecule has 0 aliphatic carbocycles. The van der Waals surface area contributed by atoms with Crippen LogP contribution in [-0.2, 0) is 16.6 Å². The van der Waals surface area contributed by atoms with Crippen molar-refractivity contribution >= 4 is 21.6 Å².